The molecular formula is C18H23N3O5. The quantitative estimate of drug-likeness (QED) is 0.401. The lowest BCUT2D eigenvalue weighted by Crippen LogP contribution is -2.41. The number of imide groups is 1. The maximum Gasteiger partial charge on any atom is 0.326 e. The Labute approximate surface area is 151 Å². The molecule has 1 aromatic rings. The summed E-state index contributed by atoms with van der Waals surface area (Å²) in [7, 11) is 0. The number of urea groups is 1. The van der Waals surface area contributed by atoms with E-state index in [1.54, 1.807) is 13.8 Å². The largest absolute Gasteiger partial charge is 0.454 e. The molecule has 1 heterocycles. The third-order valence-corrected chi connectivity index (χ3v) is 3.90. The van der Waals surface area contributed by atoms with Gasteiger partial charge in [0.1, 0.15) is 12.1 Å². The summed E-state index contributed by atoms with van der Waals surface area (Å²) in [6, 6.07) is 9.24. The molecule has 0 spiro atoms. The molecule has 2 N–H and O–H groups in total. The molecule has 1 aromatic carbocycles. The number of amides is 4. The highest BCUT2D eigenvalue weighted by molar-refractivity contribution is 6.08. The molecular weight excluding hydrogens is 338 g/mol. The molecule has 26 heavy (non-hydrogen) atoms. The first-order valence-electron chi connectivity index (χ1n) is 8.40. The Balaban J connectivity index is 1.63. The zero-order valence-electron chi connectivity index (χ0n) is 14.9. The number of benzene rings is 1. The predicted molar refractivity (Wildman–Crippen MR) is 93.1 cm³/mol. The molecule has 0 bridgehead atoms. The van der Waals surface area contributed by atoms with Crippen molar-refractivity contribution in [3.8, 4) is 0 Å². The number of ether oxygens (including phenoxy) is 1. The second kappa shape index (κ2) is 8.46. The van der Waals surface area contributed by atoms with Crippen molar-refractivity contribution in [2.24, 2.45) is 0 Å². The van der Waals surface area contributed by atoms with Crippen LogP contribution in [0.2, 0.25) is 0 Å². The fraction of sp³-hybridized carbons (Fsp3) is 0.444. The fourth-order valence-corrected chi connectivity index (χ4v) is 2.50. The van der Waals surface area contributed by atoms with Crippen molar-refractivity contribution in [3.63, 3.8) is 0 Å². The first kappa shape index (κ1) is 19.4. The smallest absolute Gasteiger partial charge is 0.326 e. The number of carbonyl (C=O) groups is 4. The van der Waals surface area contributed by atoms with Gasteiger partial charge in [0.25, 0.3) is 11.8 Å². The Morgan fingerprint density at radius 3 is 2.50 bits per heavy atom. The highest BCUT2D eigenvalue weighted by Gasteiger charge is 2.45. The van der Waals surface area contributed by atoms with E-state index in [0.717, 1.165) is 17.7 Å². The molecule has 0 atom stereocenters. The Morgan fingerprint density at radius 1 is 1.19 bits per heavy atom. The van der Waals surface area contributed by atoms with Gasteiger partial charge in [-0.1, -0.05) is 30.3 Å². The van der Waals surface area contributed by atoms with E-state index < -0.39 is 42.5 Å². The van der Waals surface area contributed by atoms with Crippen LogP contribution in [-0.4, -0.2) is 54.0 Å². The van der Waals surface area contributed by atoms with Crippen LogP contribution in [0.5, 0.6) is 0 Å². The minimum absolute atomic E-state index is 0.427. The summed E-state index contributed by atoms with van der Waals surface area (Å²) in [5.41, 5.74) is 0.137. The molecule has 1 fully saturated rings. The van der Waals surface area contributed by atoms with Gasteiger partial charge in [-0.15, -0.1) is 0 Å². The van der Waals surface area contributed by atoms with Gasteiger partial charge in [0.05, 0.1) is 0 Å². The van der Waals surface area contributed by atoms with Crippen LogP contribution in [0, 0.1) is 0 Å². The van der Waals surface area contributed by atoms with E-state index in [-0.39, 0.29) is 0 Å². The summed E-state index contributed by atoms with van der Waals surface area (Å²) in [5.74, 6) is -1.75. The van der Waals surface area contributed by atoms with Crippen LogP contribution in [0.1, 0.15) is 25.8 Å². The van der Waals surface area contributed by atoms with Crippen molar-refractivity contribution in [1.29, 1.82) is 0 Å². The summed E-state index contributed by atoms with van der Waals surface area (Å²) >= 11 is 0. The highest BCUT2D eigenvalue weighted by atomic mass is 16.5. The van der Waals surface area contributed by atoms with Crippen molar-refractivity contribution in [2.45, 2.75) is 32.2 Å². The van der Waals surface area contributed by atoms with Crippen LogP contribution in [0.25, 0.3) is 0 Å². The van der Waals surface area contributed by atoms with Gasteiger partial charge in [0.2, 0.25) is 0 Å². The van der Waals surface area contributed by atoms with E-state index in [1.165, 1.54) is 5.56 Å². The molecule has 140 valence electrons. The van der Waals surface area contributed by atoms with Crippen LogP contribution >= 0.6 is 0 Å². The predicted octanol–water partition coefficient (Wildman–Crippen LogP) is 0.609. The fourth-order valence-electron chi connectivity index (χ4n) is 2.50. The van der Waals surface area contributed by atoms with E-state index in [2.05, 4.69) is 10.6 Å². The Hall–Kier alpha value is -2.90. The van der Waals surface area contributed by atoms with Crippen molar-refractivity contribution in [3.05, 3.63) is 35.9 Å². The minimum Gasteiger partial charge on any atom is -0.454 e. The van der Waals surface area contributed by atoms with Gasteiger partial charge in [-0.2, -0.15) is 0 Å². The van der Waals surface area contributed by atoms with Gasteiger partial charge >= 0.3 is 12.0 Å². The molecule has 1 aliphatic heterocycles. The molecule has 8 nitrogen and oxygen atoms in total. The number of hydrogen-bond acceptors (Lipinski definition) is 5. The molecule has 1 saturated heterocycles. The van der Waals surface area contributed by atoms with Gasteiger partial charge in [-0.25, -0.2) is 4.79 Å². The number of nitrogens with one attached hydrogen (secondary N) is 2. The van der Waals surface area contributed by atoms with Gasteiger partial charge in [0.15, 0.2) is 6.61 Å². The first-order chi connectivity index (χ1) is 12.3. The van der Waals surface area contributed by atoms with Crippen LogP contribution < -0.4 is 10.6 Å². The van der Waals surface area contributed by atoms with Crippen molar-refractivity contribution < 1.29 is 23.9 Å². The molecule has 0 unspecified atom stereocenters. The number of hydrogen-bond donors (Lipinski definition) is 2. The summed E-state index contributed by atoms with van der Waals surface area (Å²) < 4.78 is 4.82. The summed E-state index contributed by atoms with van der Waals surface area (Å²) in [4.78, 5) is 47.8. The lowest BCUT2D eigenvalue weighted by atomic mass is 10.1. The maximum absolute atomic E-state index is 12.0. The maximum atomic E-state index is 12.0. The lowest BCUT2D eigenvalue weighted by Gasteiger charge is -2.15. The number of rotatable bonds is 8. The van der Waals surface area contributed by atoms with E-state index in [1.807, 2.05) is 30.3 Å². The van der Waals surface area contributed by atoms with Crippen molar-refractivity contribution in [1.82, 2.24) is 15.5 Å². The van der Waals surface area contributed by atoms with Crippen LogP contribution in [0.15, 0.2) is 30.3 Å². The SMILES string of the molecule is CC1(C)NC(=O)N(CC(=O)OCC(=O)NCCCc2ccccc2)C1=O. The summed E-state index contributed by atoms with van der Waals surface area (Å²) in [6.45, 7) is 2.59. The Bertz CT molecular complexity index is 687. The second-order valence-electron chi connectivity index (χ2n) is 6.55. The monoisotopic (exact) mass is 361 g/mol. The topological polar surface area (TPSA) is 105 Å². The Kier molecular flexibility index (Phi) is 6.32. The Morgan fingerprint density at radius 2 is 1.88 bits per heavy atom. The molecule has 1 aliphatic rings. The molecule has 0 aliphatic carbocycles. The van der Waals surface area contributed by atoms with E-state index in [0.29, 0.717) is 6.54 Å². The van der Waals surface area contributed by atoms with Crippen molar-refractivity contribution in [2.75, 3.05) is 19.7 Å². The van der Waals surface area contributed by atoms with E-state index in [4.69, 9.17) is 4.74 Å². The van der Waals surface area contributed by atoms with Crippen molar-refractivity contribution >= 4 is 23.8 Å². The summed E-state index contributed by atoms with van der Waals surface area (Å²) in [5, 5.41) is 5.12. The standard InChI is InChI=1S/C18H23N3O5/c1-18(2)16(24)21(17(25)20-18)11-15(23)26-12-14(22)19-10-6-9-13-7-4-3-5-8-13/h3-5,7-8H,6,9-12H2,1-2H3,(H,19,22)(H,20,25). The highest BCUT2D eigenvalue weighted by Crippen LogP contribution is 2.16. The van der Waals surface area contributed by atoms with E-state index in [9.17, 15) is 19.2 Å². The number of aryl methyl sites for hydroxylation is 1. The molecule has 0 aromatic heterocycles. The van der Waals surface area contributed by atoms with Crippen LogP contribution in [0.3, 0.4) is 0 Å². The van der Waals surface area contributed by atoms with Gasteiger partial charge < -0.3 is 15.4 Å². The average molecular weight is 361 g/mol. The number of carbonyl (C=O) groups excluding carboxylic acids is 4. The minimum atomic E-state index is -1.05. The zero-order chi connectivity index (χ0) is 19.2. The molecule has 4 amide bonds. The molecule has 0 saturated carbocycles. The lowest BCUT2D eigenvalue weighted by molar-refractivity contribution is -0.151. The average Bonchev–Trinajstić information content (AvgIpc) is 2.79. The molecule has 2 rings (SSSR count). The van der Waals surface area contributed by atoms with Gasteiger partial charge in [-0.05, 0) is 32.3 Å². The first-order valence-corrected chi connectivity index (χ1v) is 8.40. The van der Waals surface area contributed by atoms with Crippen LogP contribution in [-0.2, 0) is 25.5 Å². The molecule has 0 radical (unpaired) electrons. The second-order valence-corrected chi connectivity index (χ2v) is 6.55. The third kappa shape index (κ3) is 5.30. The number of esters is 1. The summed E-state index contributed by atoms with van der Waals surface area (Å²) in [6.07, 6.45) is 1.60. The van der Waals surface area contributed by atoms with Gasteiger partial charge in [-0.3, -0.25) is 19.3 Å². The van der Waals surface area contributed by atoms with Gasteiger partial charge in [0, 0.05) is 6.54 Å². The van der Waals surface area contributed by atoms with Crippen LogP contribution in [0.4, 0.5) is 4.79 Å². The normalized spacial score (nSPS) is 15.5. The third-order valence-electron chi connectivity index (χ3n) is 3.90. The number of nitrogens with zero attached hydrogens (tertiary/aromatic N) is 1. The van der Waals surface area contributed by atoms with E-state index >= 15 is 0 Å². The zero-order valence-corrected chi connectivity index (χ0v) is 14.9. The molecule has 8 heteroatoms.